The highest BCUT2D eigenvalue weighted by molar-refractivity contribution is 5.65. The van der Waals surface area contributed by atoms with Crippen LogP contribution in [0.5, 0.6) is 0 Å². The first-order chi connectivity index (χ1) is 10.2. The molecule has 120 valence electrons. The van der Waals surface area contributed by atoms with Crippen LogP contribution in [0.4, 0.5) is 13.6 Å². The number of amides is 1. The molecule has 2 atom stereocenters. The third-order valence-corrected chi connectivity index (χ3v) is 3.85. The monoisotopic (exact) mass is 311 g/mol. The Morgan fingerprint density at radius 2 is 2.09 bits per heavy atom. The lowest BCUT2D eigenvalue weighted by Gasteiger charge is -2.49. The average molecular weight is 311 g/mol. The van der Waals surface area contributed by atoms with E-state index in [1.807, 2.05) is 0 Å². The van der Waals surface area contributed by atoms with Crippen LogP contribution in [0.15, 0.2) is 30.5 Å². The van der Waals surface area contributed by atoms with Crippen molar-refractivity contribution < 1.29 is 23.0 Å². The number of nitrogens with two attached hydrogens (primary N) is 1. The van der Waals surface area contributed by atoms with Crippen molar-refractivity contribution in [1.29, 1.82) is 0 Å². The molecule has 1 aromatic carbocycles. The predicted octanol–water partition coefficient (Wildman–Crippen LogP) is 3.60. The third kappa shape index (κ3) is 2.65. The summed E-state index contributed by atoms with van der Waals surface area (Å²) in [5, 5.41) is 0. The molecule has 2 rings (SSSR count). The maximum Gasteiger partial charge on any atom is 0.404 e. The lowest BCUT2D eigenvalue weighted by atomic mass is 9.67. The minimum atomic E-state index is -1.39. The van der Waals surface area contributed by atoms with Gasteiger partial charge in [-0.2, -0.15) is 0 Å². The number of carbonyl (C=O) groups is 1. The largest absolute Gasteiger partial charge is 0.486 e. The van der Waals surface area contributed by atoms with Gasteiger partial charge in [0.2, 0.25) is 0 Å². The van der Waals surface area contributed by atoms with Crippen molar-refractivity contribution in [1.82, 2.24) is 0 Å². The Morgan fingerprint density at radius 1 is 1.41 bits per heavy atom. The summed E-state index contributed by atoms with van der Waals surface area (Å²) in [5.41, 5.74) is 3.03. The number of ether oxygens (including phenoxy) is 2. The molecule has 4 nitrogen and oxygen atoms in total. The Labute approximate surface area is 127 Å². The van der Waals surface area contributed by atoms with Crippen LogP contribution in [0.1, 0.15) is 32.8 Å². The van der Waals surface area contributed by atoms with Gasteiger partial charge in [0.25, 0.3) is 0 Å². The highest BCUT2D eigenvalue weighted by atomic mass is 19.1. The van der Waals surface area contributed by atoms with Crippen LogP contribution in [-0.2, 0) is 15.1 Å². The summed E-state index contributed by atoms with van der Waals surface area (Å²) in [4.78, 5) is 11.2. The van der Waals surface area contributed by atoms with Crippen LogP contribution < -0.4 is 5.73 Å². The molecule has 0 bridgehead atoms. The summed E-state index contributed by atoms with van der Waals surface area (Å²) in [6, 6.07) is 3.12. The van der Waals surface area contributed by atoms with E-state index in [-0.39, 0.29) is 12.0 Å². The minimum absolute atomic E-state index is 0.00407. The summed E-state index contributed by atoms with van der Waals surface area (Å²) in [5.74, 6) is -1.24. The first kappa shape index (κ1) is 16.3. The fraction of sp³-hybridized carbons (Fsp3) is 0.438. The van der Waals surface area contributed by atoms with Crippen LogP contribution in [0.3, 0.4) is 0 Å². The third-order valence-electron chi connectivity index (χ3n) is 3.85. The minimum Gasteiger partial charge on any atom is -0.486 e. The number of hydrogen-bond donors (Lipinski definition) is 1. The topological polar surface area (TPSA) is 61.6 Å². The SMILES string of the molecule is CC(C)(C)[C@]1(c2cc(F)ccc2F)OC=CC[C@@H]1OC(N)=O. The summed E-state index contributed by atoms with van der Waals surface area (Å²) < 4.78 is 39.0. The Hall–Kier alpha value is -2.11. The quantitative estimate of drug-likeness (QED) is 0.907. The summed E-state index contributed by atoms with van der Waals surface area (Å²) >= 11 is 0. The van der Waals surface area contributed by atoms with Crippen LogP contribution >= 0.6 is 0 Å². The molecular weight excluding hydrogens is 292 g/mol. The molecule has 0 unspecified atom stereocenters. The van der Waals surface area contributed by atoms with Gasteiger partial charge >= 0.3 is 6.09 Å². The summed E-state index contributed by atoms with van der Waals surface area (Å²) in [6.45, 7) is 5.40. The van der Waals surface area contributed by atoms with E-state index in [9.17, 15) is 13.6 Å². The second kappa shape index (κ2) is 5.59. The number of rotatable bonds is 2. The maximum atomic E-state index is 14.4. The zero-order chi connectivity index (χ0) is 16.5. The van der Waals surface area contributed by atoms with Crippen molar-refractivity contribution >= 4 is 6.09 Å². The Kier molecular flexibility index (Phi) is 4.13. The van der Waals surface area contributed by atoms with Crippen LogP contribution in [0, 0.1) is 17.0 Å². The zero-order valence-electron chi connectivity index (χ0n) is 12.7. The highest BCUT2D eigenvalue weighted by Gasteiger charge is 2.55. The van der Waals surface area contributed by atoms with Crippen molar-refractivity contribution in [2.45, 2.75) is 38.9 Å². The van der Waals surface area contributed by atoms with E-state index < -0.39 is 34.8 Å². The fourth-order valence-electron chi connectivity index (χ4n) is 2.93. The molecule has 6 heteroatoms. The van der Waals surface area contributed by atoms with Gasteiger partial charge in [-0.15, -0.1) is 0 Å². The molecule has 1 heterocycles. The van der Waals surface area contributed by atoms with Gasteiger partial charge in [0.1, 0.15) is 11.6 Å². The van der Waals surface area contributed by atoms with E-state index in [0.29, 0.717) is 0 Å². The first-order valence-electron chi connectivity index (χ1n) is 6.93. The summed E-state index contributed by atoms with van der Waals surface area (Å²) in [7, 11) is 0. The van der Waals surface area contributed by atoms with E-state index >= 15 is 0 Å². The number of primary amides is 1. The average Bonchev–Trinajstić information content (AvgIpc) is 2.40. The predicted molar refractivity (Wildman–Crippen MR) is 76.8 cm³/mol. The molecule has 0 radical (unpaired) electrons. The van der Waals surface area contributed by atoms with Gasteiger partial charge in [-0.1, -0.05) is 20.8 Å². The summed E-state index contributed by atoms with van der Waals surface area (Å²) in [6.07, 6.45) is 1.49. The van der Waals surface area contributed by atoms with Crippen LogP contribution in [0.25, 0.3) is 0 Å². The molecule has 0 spiro atoms. The second-order valence-corrected chi connectivity index (χ2v) is 6.26. The standard InChI is InChI=1S/C16H19F2NO3/c1-15(2,3)16(11-9-10(17)6-7-12(11)18)13(22-14(19)20)5-4-8-21-16/h4,6-9,13H,5H2,1-3H3,(H2,19,20)/t13-,16+/m0/s1. The first-order valence-corrected chi connectivity index (χ1v) is 6.93. The molecule has 1 aliphatic rings. The molecule has 0 aromatic heterocycles. The molecule has 0 saturated heterocycles. The number of hydrogen-bond acceptors (Lipinski definition) is 3. The molecule has 0 fully saturated rings. The van der Waals surface area contributed by atoms with E-state index in [0.717, 1.165) is 18.2 Å². The van der Waals surface area contributed by atoms with Crippen LogP contribution in [0.2, 0.25) is 0 Å². The van der Waals surface area contributed by atoms with E-state index in [1.54, 1.807) is 26.8 Å². The van der Waals surface area contributed by atoms with Gasteiger partial charge in [0.05, 0.1) is 6.26 Å². The molecule has 1 aromatic rings. The Morgan fingerprint density at radius 3 is 2.68 bits per heavy atom. The highest BCUT2D eigenvalue weighted by Crippen LogP contribution is 2.50. The normalized spacial score (nSPS) is 24.7. The molecule has 0 saturated carbocycles. The number of carbonyl (C=O) groups excluding carboxylic acids is 1. The van der Waals surface area contributed by atoms with Gasteiger partial charge in [0.15, 0.2) is 11.7 Å². The molecular formula is C16H19F2NO3. The van der Waals surface area contributed by atoms with Gasteiger partial charge in [0, 0.05) is 17.4 Å². The van der Waals surface area contributed by atoms with Gasteiger partial charge in [-0.05, 0) is 24.3 Å². The van der Waals surface area contributed by atoms with Gasteiger partial charge < -0.3 is 15.2 Å². The van der Waals surface area contributed by atoms with Crippen LogP contribution in [-0.4, -0.2) is 12.2 Å². The maximum absolute atomic E-state index is 14.4. The number of benzene rings is 1. The van der Waals surface area contributed by atoms with Gasteiger partial charge in [-0.25, -0.2) is 13.6 Å². The van der Waals surface area contributed by atoms with Gasteiger partial charge in [-0.3, -0.25) is 0 Å². The van der Waals surface area contributed by atoms with E-state index in [1.165, 1.54) is 6.26 Å². The molecule has 2 N–H and O–H groups in total. The Bertz CT molecular complexity index is 610. The molecule has 22 heavy (non-hydrogen) atoms. The fourth-order valence-corrected chi connectivity index (χ4v) is 2.93. The van der Waals surface area contributed by atoms with Crippen molar-refractivity contribution in [3.63, 3.8) is 0 Å². The molecule has 1 amide bonds. The smallest absolute Gasteiger partial charge is 0.404 e. The van der Waals surface area contributed by atoms with Crippen molar-refractivity contribution in [3.05, 3.63) is 47.7 Å². The second-order valence-electron chi connectivity index (χ2n) is 6.26. The molecule has 1 aliphatic heterocycles. The van der Waals surface area contributed by atoms with E-state index in [2.05, 4.69) is 0 Å². The van der Waals surface area contributed by atoms with Crippen molar-refractivity contribution in [2.75, 3.05) is 0 Å². The lowest BCUT2D eigenvalue weighted by Crippen LogP contribution is -2.54. The van der Waals surface area contributed by atoms with Crippen molar-refractivity contribution in [2.24, 2.45) is 11.1 Å². The Balaban J connectivity index is 2.68. The number of halogens is 2. The van der Waals surface area contributed by atoms with Crippen molar-refractivity contribution in [3.8, 4) is 0 Å². The lowest BCUT2D eigenvalue weighted by molar-refractivity contribution is -0.164. The molecule has 0 aliphatic carbocycles. The zero-order valence-corrected chi connectivity index (χ0v) is 12.7. The van der Waals surface area contributed by atoms with E-state index in [4.69, 9.17) is 15.2 Å².